The van der Waals surface area contributed by atoms with Gasteiger partial charge in [0.1, 0.15) is 6.10 Å². The Balaban J connectivity index is 1.75. The van der Waals surface area contributed by atoms with Crippen molar-refractivity contribution in [1.82, 2.24) is 19.4 Å². The normalized spacial score (nSPS) is 21.8. The van der Waals surface area contributed by atoms with Gasteiger partial charge in [0.15, 0.2) is 0 Å². The van der Waals surface area contributed by atoms with Crippen molar-refractivity contribution in [2.24, 2.45) is 0 Å². The van der Waals surface area contributed by atoms with E-state index in [4.69, 9.17) is 4.74 Å². The van der Waals surface area contributed by atoms with Crippen LogP contribution in [0.25, 0.3) is 0 Å². The summed E-state index contributed by atoms with van der Waals surface area (Å²) in [5.74, 6) is 0.153. The maximum absolute atomic E-state index is 12.7. The summed E-state index contributed by atoms with van der Waals surface area (Å²) in [7, 11) is 2.11. The number of hydrogen-bond donors (Lipinski definition) is 0. The lowest BCUT2D eigenvalue weighted by Gasteiger charge is -2.24. The molecular weight excluding hydrogens is 292 g/mol. The van der Waals surface area contributed by atoms with Crippen LogP contribution in [0.15, 0.2) is 6.33 Å². The molecule has 1 aromatic heterocycles. The molecule has 128 valence electrons. The fraction of sp³-hybridized carbons (Fsp3) is 0.765. The number of amides is 1. The molecule has 3 heterocycles. The lowest BCUT2D eigenvalue weighted by molar-refractivity contribution is -0.141. The third-order valence-corrected chi connectivity index (χ3v) is 5.00. The van der Waals surface area contributed by atoms with Crippen LogP contribution in [-0.2, 0) is 29.2 Å². The first-order valence-electron chi connectivity index (χ1n) is 8.69. The van der Waals surface area contributed by atoms with Crippen LogP contribution < -0.4 is 0 Å². The maximum atomic E-state index is 12.7. The number of carbonyl (C=O) groups excluding carboxylic acids is 1. The topological polar surface area (TPSA) is 50.6 Å². The second-order valence-corrected chi connectivity index (χ2v) is 6.96. The van der Waals surface area contributed by atoms with E-state index in [9.17, 15) is 4.79 Å². The molecule has 1 amide bonds. The molecule has 0 aromatic carbocycles. The van der Waals surface area contributed by atoms with Gasteiger partial charge in [0, 0.05) is 32.3 Å². The molecule has 0 spiro atoms. The summed E-state index contributed by atoms with van der Waals surface area (Å²) >= 11 is 0. The summed E-state index contributed by atoms with van der Waals surface area (Å²) in [6, 6.07) is 0.475. The van der Waals surface area contributed by atoms with Gasteiger partial charge in [0.2, 0.25) is 0 Å². The van der Waals surface area contributed by atoms with Crippen LogP contribution in [0.4, 0.5) is 0 Å². The van der Waals surface area contributed by atoms with Gasteiger partial charge in [-0.25, -0.2) is 4.98 Å². The van der Waals surface area contributed by atoms with Gasteiger partial charge in [0.25, 0.3) is 5.91 Å². The summed E-state index contributed by atoms with van der Waals surface area (Å²) in [6.07, 6.45) is 4.52. The molecule has 1 aromatic rings. The van der Waals surface area contributed by atoms with E-state index in [0.717, 1.165) is 44.6 Å². The number of rotatable bonds is 4. The molecular formula is C17H28N4O2. The Kier molecular flexibility index (Phi) is 5.02. The molecule has 0 unspecified atom stereocenters. The van der Waals surface area contributed by atoms with Crippen molar-refractivity contribution in [3.05, 3.63) is 17.7 Å². The van der Waals surface area contributed by atoms with Crippen LogP contribution >= 0.6 is 0 Å². The number of fused-ring (bicyclic) bond motifs is 1. The molecule has 0 radical (unpaired) electrons. The first kappa shape index (κ1) is 16.5. The first-order valence-corrected chi connectivity index (χ1v) is 8.69. The third kappa shape index (κ3) is 3.58. The minimum absolute atomic E-state index is 0.153. The molecule has 2 aliphatic rings. The number of hydrogen-bond acceptors (Lipinski definition) is 4. The van der Waals surface area contributed by atoms with Crippen molar-refractivity contribution in [3.63, 3.8) is 0 Å². The van der Waals surface area contributed by atoms with Crippen molar-refractivity contribution >= 4 is 5.91 Å². The summed E-state index contributed by atoms with van der Waals surface area (Å²) < 4.78 is 7.80. The molecule has 23 heavy (non-hydrogen) atoms. The van der Waals surface area contributed by atoms with Gasteiger partial charge in [0.05, 0.1) is 24.3 Å². The molecule has 0 bridgehead atoms. The predicted octanol–water partition coefficient (Wildman–Crippen LogP) is 1.63. The monoisotopic (exact) mass is 320 g/mol. The number of imidazole rings is 1. The Hall–Kier alpha value is -1.40. The largest absolute Gasteiger partial charge is 0.368 e. The van der Waals surface area contributed by atoms with Crippen LogP contribution in [0.2, 0.25) is 0 Å². The zero-order valence-corrected chi connectivity index (χ0v) is 14.5. The fourth-order valence-corrected chi connectivity index (χ4v) is 3.23. The van der Waals surface area contributed by atoms with E-state index in [1.807, 2.05) is 11.2 Å². The highest BCUT2D eigenvalue weighted by Crippen LogP contribution is 2.21. The van der Waals surface area contributed by atoms with Crippen LogP contribution in [0.1, 0.15) is 44.5 Å². The van der Waals surface area contributed by atoms with Crippen LogP contribution in [0, 0.1) is 0 Å². The van der Waals surface area contributed by atoms with E-state index < -0.39 is 0 Å². The van der Waals surface area contributed by atoms with Gasteiger partial charge in [-0.15, -0.1) is 0 Å². The summed E-state index contributed by atoms with van der Waals surface area (Å²) in [6.45, 7) is 8.29. The SMILES string of the molecule is CC(C)N(C)Cc1ncn2c1CN(C(=O)[C@@H]1CCCO1)CCC2. The van der Waals surface area contributed by atoms with E-state index in [1.54, 1.807) is 0 Å². The minimum atomic E-state index is -0.230. The number of carbonyl (C=O) groups is 1. The molecule has 1 fully saturated rings. The van der Waals surface area contributed by atoms with Crippen molar-refractivity contribution in [1.29, 1.82) is 0 Å². The average molecular weight is 320 g/mol. The average Bonchev–Trinajstić information content (AvgIpc) is 3.12. The summed E-state index contributed by atoms with van der Waals surface area (Å²) in [5, 5.41) is 0. The van der Waals surface area contributed by atoms with Gasteiger partial charge >= 0.3 is 0 Å². The lowest BCUT2D eigenvalue weighted by atomic mass is 10.2. The van der Waals surface area contributed by atoms with Gasteiger partial charge in [-0.2, -0.15) is 0 Å². The Morgan fingerprint density at radius 1 is 1.43 bits per heavy atom. The highest BCUT2D eigenvalue weighted by Gasteiger charge is 2.30. The van der Waals surface area contributed by atoms with Crippen LogP contribution in [-0.4, -0.2) is 57.6 Å². The number of ether oxygens (including phenoxy) is 1. The van der Waals surface area contributed by atoms with Gasteiger partial charge in [-0.3, -0.25) is 9.69 Å². The molecule has 0 saturated carbocycles. The Morgan fingerprint density at radius 3 is 2.96 bits per heavy atom. The van der Waals surface area contributed by atoms with Gasteiger partial charge in [-0.05, 0) is 40.2 Å². The molecule has 0 aliphatic carbocycles. The molecule has 2 aliphatic heterocycles. The predicted molar refractivity (Wildman–Crippen MR) is 87.8 cm³/mol. The van der Waals surface area contributed by atoms with Crippen LogP contribution in [0.3, 0.4) is 0 Å². The second-order valence-electron chi connectivity index (χ2n) is 6.96. The third-order valence-electron chi connectivity index (χ3n) is 5.00. The van der Waals surface area contributed by atoms with E-state index in [-0.39, 0.29) is 12.0 Å². The highest BCUT2D eigenvalue weighted by atomic mass is 16.5. The van der Waals surface area contributed by atoms with Gasteiger partial charge < -0.3 is 14.2 Å². The maximum Gasteiger partial charge on any atom is 0.252 e. The summed E-state index contributed by atoms with van der Waals surface area (Å²) in [5.41, 5.74) is 2.27. The number of nitrogens with zero attached hydrogens (tertiary/aromatic N) is 4. The van der Waals surface area contributed by atoms with Crippen molar-refractivity contribution in [2.75, 3.05) is 20.2 Å². The van der Waals surface area contributed by atoms with Crippen molar-refractivity contribution in [2.45, 2.75) is 64.9 Å². The zero-order chi connectivity index (χ0) is 16.4. The lowest BCUT2D eigenvalue weighted by Crippen LogP contribution is -2.39. The Morgan fingerprint density at radius 2 is 2.26 bits per heavy atom. The smallest absolute Gasteiger partial charge is 0.252 e. The minimum Gasteiger partial charge on any atom is -0.368 e. The molecule has 1 atom stereocenters. The second kappa shape index (κ2) is 7.01. The molecule has 3 rings (SSSR count). The van der Waals surface area contributed by atoms with Crippen LogP contribution in [0.5, 0.6) is 0 Å². The standard InChI is InChI=1S/C17H28N4O2/c1-13(2)19(3)10-14-15-11-20(7-5-8-21(15)12-18-14)17(22)16-6-4-9-23-16/h12-13,16H,4-11H2,1-3H3/t16-/m0/s1. The quantitative estimate of drug-likeness (QED) is 0.846. The number of aromatic nitrogens is 2. The van der Waals surface area contributed by atoms with Gasteiger partial charge in [-0.1, -0.05) is 0 Å². The highest BCUT2D eigenvalue weighted by molar-refractivity contribution is 5.81. The van der Waals surface area contributed by atoms with Crippen molar-refractivity contribution in [3.8, 4) is 0 Å². The van der Waals surface area contributed by atoms with E-state index in [0.29, 0.717) is 19.2 Å². The van der Waals surface area contributed by atoms with Crippen molar-refractivity contribution < 1.29 is 9.53 Å². The number of aryl methyl sites for hydroxylation is 1. The van der Waals surface area contributed by atoms with E-state index in [1.165, 1.54) is 5.69 Å². The molecule has 1 saturated heterocycles. The first-order chi connectivity index (χ1) is 11.1. The van der Waals surface area contributed by atoms with E-state index >= 15 is 0 Å². The zero-order valence-electron chi connectivity index (χ0n) is 14.5. The van der Waals surface area contributed by atoms with E-state index in [2.05, 4.69) is 35.3 Å². The molecule has 6 heteroatoms. The Labute approximate surface area is 138 Å². The molecule has 0 N–H and O–H groups in total. The summed E-state index contributed by atoms with van der Waals surface area (Å²) in [4.78, 5) is 21.5. The fourth-order valence-electron chi connectivity index (χ4n) is 3.23. The Bertz CT molecular complexity index is 549. The molecule has 6 nitrogen and oxygen atoms in total.